The molecule has 0 fully saturated rings. The highest BCUT2D eigenvalue weighted by molar-refractivity contribution is 5.43. The molecule has 140 valence electrons. The van der Waals surface area contributed by atoms with Crippen LogP contribution in [0.3, 0.4) is 0 Å². The van der Waals surface area contributed by atoms with E-state index in [4.69, 9.17) is 4.74 Å². The van der Waals surface area contributed by atoms with Crippen LogP contribution in [0.1, 0.15) is 27.8 Å². The number of methoxy groups -OCH3 is 1. The second kappa shape index (κ2) is 9.38. The van der Waals surface area contributed by atoms with E-state index < -0.39 is 0 Å². The van der Waals surface area contributed by atoms with Gasteiger partial charge in [-0.1, -0.05) is 60.7 Å². The third-order valence-electron chi connectivity index (χ3n) is 5.42. The lowest BCUT2D eigenvalue weighted by Gasteiger charge is -2.22. The van der Waals surface area contributed by atoms with Crippen LogP contribution in [0.15, 0.2) is 72.8 Å². The van der Waals surface area contributed by atoms with E-state index in [-0.39, 0.29) is 0 Å². The van der Waals surface area contributed by atoms with Gasteiger partial charge in [-0.2, -0.15) is 0 Å². The van der Waals surface area contributed by atoms with E-state index in [1.54, 1.807) is 12.0 Å². The number of ether oxygens (including phenoxy) is 1. The Balaban J connectivity index is 1.77. The van der Waals surface area contributed by atoms with Gasteiger partial charge in [-0.15, -0.1) is 0 Å². The van der Waals surface area contributed by atoms with Crippen molar-refractivity contribution in [3.8, 4) is 5.75 Å². The van der Waals surface area contributed by atoms with Crippen molar-refractivity contribution in [2.24, 2.45) is 0 Å². The molecule has 0 saturated carbocycles. The third kappa shape index (κ3) is 5.21. The van der Waals surface area contributed by atoms with E-state index in [1.807, 2.05) is 0 Å². The highest BCUT2D eigenvalue weighted by Crippen LogP contribution is 2.23. The smallest absolute Gasteiger partial charge is 0.122 e. The SMILES string of the molecule is COc1ccc(C[NH+](CCc2ccccc2)Cc2ccccc2)c(C)c1C. The molecule has 27 heavy (non-hydrogen) atoms. The van der Waals surface area contributed by atoms with Gasteiger partial charge in [0, 0.05) is 17.5 Å². The van der Waals surface area contributed by atoms with E-state index in [2.05, 4.69) is 86.6 Å². The number of nitrogens with one attached hydrogen (secondary N) is 1. The van der Waals surface area contributed by atoms with Gasteiger partial charge in [-0.05, 0) is 42.7 Å². The molecule has 0 saturated heterocycles. The predicted molar refractivity (Wildman–Crippen MR) is 112 cm³/mol. The average Bonchev–Trinajstić information content (AvgIpc) is 2.71. The van der Waals surface area contributed by atoms with Crippen LogP contribution in [0.2, 0.25) is 0 Å². The molecule has 1 atom stereocenters. The fourth-order valence-corrected chi connectivity index (χ4v) is 3.62. The molecule has 2 heteroatoms. The van der Waals surface area contributed by atoms with Gasteiger partial charge in [-0.25, -0.2) is 0 Å². The second-order valence-electron chi connectivity index (χ2n) is 7.25. The Morgan fingerprint density at radius 2 is 1.33 bits per heavy atom. The van der Waals surface area contributed by atoms with Crippen molar-refractivity contribution >= 4 is 0 Å². The molecular formula is C25H30NO+. The van der Waals surface area contributed by atoms with Gasteiger partial charge < -0.3 is 9.64 Å². The van der Waals surface area contributed by atoms with Gasteiger partial charge in [0.2, 0.25) is 0 Å². The standard InChI is InChI=1S/C25H29NO/c1-20-21(2)25(27-3)15-14-24(20)19-26(18-23-12-8-5-9-13-23)17-16-22-10-6-4-7-11-22/h4-15H,16-19H2,1-3H3/p+1. The molecule has 0 aliphatic heterocycles. The molecule has 0 amide bonds. The summed E-state index contributed by atoms with van der Waals surface area (Å²) in [5.41, 5.74) is 6.80. The minimum atomic E-state index is 0.977. The van der Waals surface area contributed by atoms with E-state index in [1.165, 1.54) is 27.8 Å². The topological polar surface area (TPSA) is 13.7 Å². The van der Waals surface area contributed by atoms with E-state index in [9.17, 15) is 0 Å². The maximum absolute atomic E-state index is 5.48. The number of hydrogen-bond donors (Lipinski definition) is 1. The Morgan fingerprint density at radius 3 is 1.96 bits per heavy atom. The van der Waals surface area contributed by atoms with Crippen LogP contribution in [-0.2, 0) is 19.5 Å². The molecule has 0 heterocycles. The molecule has 3 aromatic carbocycles. The zero-order valence-electron chi connectivity index (χ0n) is 16.7. The molecule has 0 spiro atoms. The van der Waals surface area contributed by atoms with Gasteiger partial charge in [0.05, 0.1) is 13.7 Å². The molecule has 3 aromatic rings. The predicted octanol–water partition coefficient (Wildman–Crippen LogP) is 4.14. The summed E-state index contributed by atoms with van der Waals surface area (Å²) in [6, 6.07) is 25.9. The summed E-state index contributed by atoms with van der Waals surface area (Å²) in [6.07, 6.45) is 1.09. The number of rotatable bonds is 8. The maximum Gasteiger partial charge on any atom is 0.122 e. The third-order valence-corrected chi connectivity index (χ3v) is 5.42. The quantitative estimate of drug-likeness (QED) is 0.637. The molecule has 0 aromatic heterocycles. The van der Waals surface area contributed by atoms with Crippen LogP contribution in [0.25, 0.3) is 0 Å². The molecule has 0 radical (unpaired) electrons. The van der Waals surface area contributed by atoms with Crippen molar-refractivity contribution in [1.29, 1.82) is 0 Å². The van der Waals surface area contributed by atoms with Crippen molar-refractivity contribution in [3.63, 3.8) is 0 Å². The lowest BCUT2D eigenvalue weighted by atomic mass is 10.0. The Labute approximate surface area is 163 Å². The molecule has 0 bridgehead atoms. The molecule has 1 N–H and O–H groups in total. The van der Waals surface area contributed by atoms with Crippen LogP contribution in [0, 0.1) is 13.8 Å². The zero-order valence-corrected chi connectivity index (χ0v) is 16.7. The summed E-state index contributed by atoms with van der Waals surface area (Å²) in [5.74, 6) is 0.977. The highest BCUT2D eigenvalue weighted by Gasteiger charge is 2.15. The van der Waals surface area contributed by atoms with E-state index in [0.29, 0.717) is 0 Å². The molecule has 1 unspecified atom stereocenters. The van der Waals surface area contributed by atoms with Crippen molar-refractivity contribution in [3.05, 3.63) is 101 Å². The highest BCUT2D eigenvalue weighted by atomic mass is 16.5. The number of benzene rings is 3. The maximum atomic E-state index is 5.48. The molecular weight excluding hydrogens is 330 g/mol. The number of quaternary nitrogens is 1. The normalized spacial score (nSPS) is 12.0. The van der Waals surface area contributed by atoms with Crippen LogP contribution >= 0.6 is 0 Å². The number of hydrogen-bond acceptors (Lipinski definition) is 1. The summed E-state index contributed by atoms with van der Waals surface area (Å²) in [6.45, 7) is 7.54. The van der Waals surface area contributed by atoms with Gasteiger partial charge in [0.15, 0.2) is 0 Å². The lowest BCUT2D eigenvalue weighted by Crippen LogP contribution is -3.09. The van der Waals surface area contributed by atoms with Gasteiger partial charge in [0.25, 0.3) is 0 Å². The zero-order chi connectivity index (χ0) is 19.1. The monoisotopic (exact) mass is 360 g/mol. The first-order valence-electron chi connectivity index (χ1n) is 9.72. The first-order valence-corrected chi connectivity index (χ1v) is 9.72. The van der Waals surface area contributed by atoms with Crippen molar-refractivity contribution in [2.45, 2.75) is 33.4 Å². The fourth-order valence-electron chi connectivity index (χ4n) is 3.62. The summed E-state index contributed by atoms with van der Waals surface area (Å²) in [7, 11) is 1.74. The molecule has 3 rings (SSSR count). The van der Waals surface area contributed by atoms with Crippen molar-refractivity contribution in [2.75, 3.05) is 13.7 Å². The van der Waals surface area contributed by atoms with Gasteiger partial charge in [0.1, 0.15) is 18.8 Å². The second-order valence-corrected chi connectivity index (χ2v) is 7.25. The van der Waals surface area contributed by atoms with Crippen LogP contribution in [0.5, 0.6) is 5.75 Å². The minimum Gasteiger partial charge on any atom is -0.496 e. The largest absolute Gasteiger partial charge is 0.496 e. The Hall–Kier alpha value is -2.58. The van der Waals surface area contributed by atoms with Crippen LogP contribution in [0.4, 0.5) is 0 Å². The molecule has 2 nitrogen and oxygen atoms in total. The van der Waals surface area contributed by atoms with Crippen molar-refractivity contribution < 1.29 is 9.64 Å². The first kappa shape index (κ1) is 19.2. The lowest BCUT2D eigenvalue weighted by molar-refractivity contribution is -0.927. The molecule has 0 aliphatic rings. The minimum absolute atomic E-state index is 0.977. The van der Waals surface area contributed by atoms with Crippen LogP contribution < -0.4 is 9.64 Å². The summed E-state index contributed by atoms with van der Waals surface area (Å²) < 4.78 is 5.48. The van der Waals surface area contributed by atoms with Crippen LogP contribution in [-0.4, -0.2) is 13.7 Å². The summed E-state index contributed by atoms with van der Waals surface area (Å²) in [5, 5.41) is 0. The van der Waals surface area contributed by atoms with Gasteiger partial charge >= 0.3 is 0 Å². The Morgan fingerprint density at radius 1 is 0.704 bits per heavy atom. The molecule has 0 aliphatic carbocycles. The van der Waals surface area contributed by atoms with Gasteiger partial charge in [-0.3, -0.25) is 0 Å². The van der Waals surface area contributed by atoms with Crippen molar-refractivity contribution in [1.82, 2.24) is 0 Å². The Kier molecular flexibility index (Phi) is 6.67. The van der Waals surface area contributed by atoms with E-state index >= 15 is 0 Å². The Bertz CT molecular complexity index is 843. The van der Waals surface area contributed by atoms with E-state index in [0.717, 1.165) is 31.8 Å². The average molecular weight is 361 g/mol. The summed E-state index contributed by atoms with van der Waals surface area (Å²) >= 11 is 0. The summed E-state index contributed by atoms with van der Waals surface area (Å²) in [4.78, 5) is 1.58. The fraction of sp³-hybridized carbons (Fsp3) is 0.280. The first-order chi connectivity index (χ1) is 13.2.